The molecule has 0 spiro atoms. The Morgan fingerprint density at radius 1 is 1.28 bits per heavy atom. The van der Waals surface area contributed by atoms with Crippen LogP contribution in [0.5, 0.6) is 0 Å². The molecular weight excluding hydrogens is 228 g/mol. The summed E-state index contributed by atoms with van der Waals surface area (Å²) in [5, 5.41) is 6.33. The molecular formula is C13H26N4O. The summed E-state index contributed by atoms with van der Waals surface area (Å²) in [6, 6.07) is 0.0474. The van der Waals surface area contributed by atoms with Gasteiger partial charge in [-0.1, -0.05) is 6.42 Å². The highest BCUT2D eigenvalue weighted by Crippen LogP contribution is 2.06. The third kappa shape index (κ3) is 4.23. The first-order valence-electron chi connectivity index (χ1n) is 7.18. The van der Waals surface area contributed by atoms with Crippen LogP contribution in [-0.4, -0.2) is 74.6 Å². The molecule has 0 bridgehead atoms. The molecule has 0 aliphatic carbocycles. The Morgan fingerprint density at radius 2 is 2.06 bits per heavy atom. The molecule has 0 aromatic rings. The van der Waals surface area contributed by atoms with Gasteiger partial charge in [0.1, 0.15) is 0 Å². The Kier molecular flexibility index (Phi) is 5.41. The first-order chi connectivity index (χ1) is 8.75. The number of piperidine rings is 1. The number of nitrogens with zero attached hydrogens (tertiary/aromatic N) is 2. The molecule has 0 radical (unpaired) electrons. The minimum atomic E-state index is 0.0474. The molecule has 5 heteroatoms. The van der Waals surface area contributed by atoms with Crippen molar-refractivity contribution in [1.29, 1.82) is 0 Å². The number of carbonyl (C=O) groups excluding carboxylic acids is 1. The van der Waals surface area contributed by atoms with Crippen LogP contribution in [0, 0.1) is 0 Å². The smallest absolute Gasteiger partial charge is 0.237 e. The lowest BCUT2D eigenvalue weighted by molar-refractivity contribution is -0.123. The van der Waals surface area contributed by atoms with Crippen LogP contribution in [0.3, 0.4) is 0 Å². The first-order valence-corrected chi connectivity index (χ1v) is 7.18. The van der Waals surface area contributed by atoms with Crippen molar-refractivity contribution in [2.24, 2.45) is 0 Å². The summed E-state index contributed by atoms with van der Waals surface area (Å²) in [7, 11) is 2.16. The van der Waals surface area contributed by atoms with Crippen molar-refractivity contribution < 1.29 is 4.79 Å². The minimum absolute atomic E-state index is 0.0474. The zero-order valence-corrected chi connectivity index (χ0v) is 11.5. The number of nitrogens with one attached hydrogen (secondary N) is 2. The van der Waals surface area contributed by atoms with Crippen LogP contribution in [-0.2, 0) is 4.79 Å². The minimum Gasteiger partial charge on any atom is -0.353 e. The van der Waals surface area contributed by atoms with E-state index in [1.54, 1.807) is 0 Å². The van der Waals surface area contributed by atoms with Gasteiger partial charge in [-0.15, -0.1) is 0 Å². The fourth-order valence-corrected chi connectivity index (χ4v) is 2.61. The van der Waals surface area contributed by atoms with Crippen molar-refractivity contribution in [2.45, 2.75) is 25.3 Å². The molecule has 104 valence electrons. The van der Waals surface area contributed by atoms with Crippen LogP contribution in [0.2, 0.25) is 0 Å². The van der Waals surface area contributed by atoms with E-state index < -0.39 is 0 Å². The molecule has 2 saturated heterocycles. The molecule has 0 aromatic heterocycles. The second-order valence-electron chi connectivity index (χ2n) is 5.44. The average molecular weight is 254 g/mol. The number of carbonyl (C=O) groups is 1. The second-order valence-corrected chi connectivity index (χ2v) is 5.44. The van der Waals surface area contributed by atoms with Crippen molar-refractivity contribution in [3.63, 3.8) is 0 Å². The number of hydrogen-bond acceptors (Lipinski definition) is 4. The molecule has 2 rings (SSSR count). The number of rotatable bonds is 4. The van der Waals surface area contributed by atoms with E-state index in [2.05, 4.69) is 27.5 Å². The number of amides is 1. The molecule has 0 aromatic carbocycles. The molecule has 2 aliphatic heterocycles. The maximum Gasteiger partial charge on any atom is 0.237 e. The van der Waals surface area contributed by atoms with Crippen molar-refractivity contribution in [1.82, 2.24) is 20.4 Å². The summed E-state index contributed by atoms with van der Waals surface area (Å²) in [5.41, 5.74) is 0. The van der Waals surface area contributed by atoms with Gasteiger partial charge in [-0.2, -0.15) is 0 Å². The Balaban J connectivity index is 1.58. The van der Waals surface area contributed by atoms with Crippen LogP contribution in [0.25, 0.3) is 0 Å². The monoisotopic (exact) mass is 254 g/mol. The van der Waals surface area contributed by atoms with Gasteiger partial charge in [-0.25, -0.2) is 0 Å². The molecule has 1 amide bonds. The van der Waals surface area contributed by atoms with Crippen LogP contribution >= 0.6 is 0 Å². The third-order valence-corrected chi connectivity index (χ3v) is 3.95. The summed E-state index contributed by atoms with van der Waals surface area (Å²) >= 11 is 0. The molecule has 2 N–H and O–H groups in total. The lowest BCUT2D eigenvalue weighted by Crippen LogP contribution is -2.50. The number of hydrogen-bond donors (Lipinski definition) is 2. The van der Waals surface area contributed by atoms with Crippen molar-refractivity contribution in [2.75, 3.05) is 52.9 Å². The van der Waals surface area contributed by atoms with Crippen molar-refractivity contribution >= 4 is 5.91 Å². The highest BCUT2D eigenvalue weighted by atomic mass is 16.2. The van der Waals surface area contributed by atoms with E-state index in [1.165, 1.54) is 12.8 Å². The Labute approximate surface area is 110 Å². The predicted molar refractivity (Wildman–Crippen MR) is 72.6 cm³/mol. The maximum atomic E-state index is 11.9. The Morgan fingerprint density at radius 3 is 2.72 bits per heavy atom. The SMILES string of the molecule is CN1CCN(CCNC(=O)C2CCCCN2)CC1. The van der Waals surface area contributed by atoms with Gasteiger partial charge in [0.15, 0.2) is 0 Å². The van der Waals surface area contributed by atoms with Gasteiger partial charge in [0.2, 0.25) is 5.91 Å². The molecule has 0 saturated carbocycles. The van der Waals surface area contributed by atoms with E-state index in [4.69, 9.17) is 0 Å². The maximum absolute atomic E-state index is 11.9. The van der Waals surface area contributed by atoms with Gasteiger partial charge in [-0.05, 0) is 26.4 Å². The van der Waals surface area contributed by atoms with Crippen LogP contribution in [0.4, 0.5) is 0 Å². The summed E-state index contributed by atoms with van der Waals surface area (Å²) in [6.45, 7) is 7.25. The highest BCUT2D eigenvalue weighted by molar-refractivity contribution is 5.81. The van der Waals surface area contributed by atoms with Crippen molar-refractivity contribution in [3.05, 3.63) is 0 Å². The molecule has 2 heterocycles. The van der Waals surface area contributed by atoms with Gasteiger partial charge in [0.25, 0.3) is 0 Å². The van der Waals surface area contributed by atoms with Gasteiger partial charge >= 0.3 is 0 Å². The van der Waals surface area contributed by atoms with Gasteiger partial charge in [0, 0.05) is 39.3 Å². The molecule has 18 heavy (non-hydrogen) atoms. The average Bonchev–Trinajstić information content (AvgIpc) is 2.42. The molecule has 2 fully saturated rings. The zero-order valence-electron chi connectivity index (χ0n) is 11.5. The van der Waals surface area contributed by atoms with Crippen LogP contribution < -0.4 is 10.6 Å². The van der Waals surface area contributed by atoms with E-state index in [9.17, 15) is 4.79 Å². The summed E-state index contributed by atoms with van der Waals surface area (Å²) in [5.74, 6) is 0.184. The van der Waals surface area contributed by atoms with E-state index in [1.807, 2.05) is 0 Å². The van der Waals surface area contributed by atoms with Gasteiger partial charge in [-0.3, -0.25) is 9.69 Å². The lowest BCUT2D eigenvalue weighted by atomic mass is 10.0. The normalized spacial score (nSPS) is 27.1. The quantitative estimate of drug-likeness (QED) is 0.709. The van der Waals surface area contributed by atoms with Crippen LogP contribution in [0.1, 0.15) is 19.3 Å². The van der Waals surface area contributed by atoms with Gasteiger partial charge < -0.3 is 15.5 Å². The molecule has 1 unspecified atom stereocenters. The van der Waals surface area contributed by atoms with Crippen LogP contribution in [0.15, 0.2) is 0 Å². The first kappa shape index (κ1) is 13.8. The standard InChI is InChI=1S/C13H26N4O/c1-16-8-10-17(11-9-16)7-6-15-13(18)12-4-2-3-5-14-12/h12,14H,2-11H2,1H3,(H,15,18). The number of likely N-dealkylation sites (N-methyl/N-ethyl adjacent to an activating group) is 1. The van der Waals surface area contributed by atoms with E-state index in [0.29, 0.717) is 0 Å². The van der Waals surface area contributed by atoms with E-state index in [-0.39, 0.29) is 11.9 Å². The predicted octanol–water partition coefficient (Wildman–Crippen LogP) is -0.508. The van der Waals surface area contributed by atoms with E-state index in [0.717, 1.165) is 52.2 Å². The largest absolute Gasteiger partial charge is 0.353 e. The van der Waals surface area contributed by atoms with E-state index >= 15 is 0 Å². The van der Waals surface area contributed by atoms with Gasteiger partial charge in [0.05, 0.1) is 6.04 Å². The highest BCUT2D eigenvalue weighted by Gasteiger charge is 2.20. The third-order valence-electron chi connectivity index (χ3n) is 3.95. The number of piperazine rings is 1. The Bertz CT molecular complexity index is 258. The topological polar surface area (TPSA) is 47.6 Å². The zero-order chi connectivity index (χ0) is 12.8. The fourth-order valence-electron chi connectivity index (χ4n) is 2.61. The summed E-state index contributed by atoms with van der Waals surface area (Å²) in [4.78, 5) is 16.7. The summed E-state index contributed by atoms with van der Waals surface area (Å²) < 4.78 is 0. The molecule has 5 nitrogen and oxygen atoms in total. The molecule has 2 aliphatic rings. The lowest BCUT2D eigenvalue weighted by Gasteiger charge is -2.32. The van der Waals surface area contributed by atoms with Crippen molar-refractivity contribution in [3.8, 4) is 0 Å². The fraction of sp³-hybridized carbons (Fsp3) is 0.923. The second kappa shape index (κ2) is 7.07. The Hall–Kier alpha value is -0.650. The summed E-state index contributed by atoms with van der Waals surface area (Å²) in [6.07, 6.45) is 3.36. The molecule has 1 atom stereocenters.